The third-order valence-electron chi connectivity index (χ3n) is 3.80. The minimum Gasteiger partial charge on any atom is -0.322 e. The largest absolute Gasteiger partial charge is 0.322 e. The van der Waals surface area contributed by atoms with Gasteiger partial charge < -0.3 is 5.32 Å². The van der Waals surface area contributed by atoms with Gasteiger partial charge >= 0.3 is 0 Å². The summed E-state index contributed by atoms with van der Waals surface area (Å²) in [5, 5.41) is 5.06. The Morgan fingerprint density at radius 3 is 2.80 bits per heavy atom. The van der Waals surface area contributed by atoms with Crippen LogP contribution in [0.1, 0.15) is 34.1 Å². The number of hydrogen-bond donors (Lipinski definition) is 1. The second-order valence-corrected chi connectivity index (χ2v) is 7.79. The van der Waals surface area contributed by atoms with Crippen LogP contribution in [0.2, 0.25) is 0 Å². The molecule has 0 radical (unpaired) electrons. The van der Waals surface area contributed by atoms with Crippen molar-refractivity contribution < 1.29 is 4.79 Å². The molecule has 0 saturated heterocycles. The molecule has 25 heavy (non-hydrogen) atoms. The molecule has 0 atom stereocenters. The Balaban J connectivity index is 1.73. The number of hydrogen-bond acceptors (Lipinski definition) is 4. The quantitative estimate of drug-likeness (QED) is 0.579. The molecule has 128 valence electrons. The molecule has 0 spiro atoms. The van der Waals surface area contributed by atoms with Crippen LogP contribution >= 0.6 is 23.1 Å². The highest BCUT2D eigenvalue weighted by atomic mass is 32.2. The Bertz CT molecular complexity index is 873. The number of aromatic nitrogens is 1. The Morgan fingerprint density at radius 2 is 2.04 bits per heavy atom. The average Bonchev–Trinajstić information content (AvgIpc) is 3.05. The number of thioether (sulfide) groups is 1. The van der Waals surface area contributed by atoms with Crippen molar-refractivity contribution in [3.63, 3.8) is 0 Å². The number of nitrogens with one attached hydrogen (secondary N) is 1. The van der Waals surface area contributed by atoms with Crippen molar-refractivity contribution in [1.82, 2.24) is 4.98 Å². The molecule has 3 rings (SSSR count). The number of benzene rings is 2. The van der Waals surface area contributed by atoms with Crippen LogP contribution in [0.3, 0.4) is 0 Å². The summed E-state index contributed by atoms with van der Waals surface area (Å²) in [6, 6.07) is 15.7. The molecule has 0 aliphatic heterocycles. The molecule has 1 amide bonds. The van der Waals surface area contributed by atoms with Crippen LogP contribution in [0.25, 0.3) is 0 Å². The minimum absolute atomic E-state index is 0.0697. The van der Waals surface area contributed by atoms with Gasteiger partial charge in [0.15, 0.2) is 0 Å². The number of carbonyl (C=O) groups excluding carboxylic acids is 1. The van der Waals surface area contributed by atoms with Gasteiger partial charge in [0.2, 0.25) is 0 Å². The maximum Gasteiger partial charge on any atom is 0.255 e. The fourth-order valence-electron chi connectivity index (χ4n) is 2.47. The normalized spacial score (nSPS) is 10.6. The van der Waals surface area contributed by atoms with E-state index >= 15 is 0 Å². The highest BCUT2D eigenvalue weighted by Crippen LogP contribution is 2.27. The Morgan fingerprint density at radius 1 is 1.20 bits per heavy atom. The fourth-order valence-corrected chi connectivity index (χ4v) is 4.33. The lowest BCUT2D eigenvalue weighted by atomic mass is 10.1. The van der Waals surface area contributed by atoms with Gasteiger partial charge in [0.25, 0.3) is 5.91 Å². The molecule has 3 aromatic rings. The molecule has 0 aliphatic carbocycles. The summed E-state index contributed by atoms with van der Waals surface area (Å²) >= 11 is 3.31. The summed E-state index contributed by atoms with van der Waals surface area (Å²) in [4.78, 5) is 17.2. The first-order chi connectivity index (χ1) is 12.2. The van der Waals surface area contributed by atoms with E-state index in [1.807, 2.05) is 54.8 Å². The Hall–Kier alpha value is -2.11. The van der Waals surface area contributed by atoms with Crippen LogP contribution in [0.4, 0.5) is 5.69 Å². The highest BCUT2D eigenvalue weighted by Gasteiger charge is 2.12. The first-order valence-corrected chi connectivity index (χ1v) is 10.1. The van der Waals surface area contributed by atoms with Gasteiger partial charge in [-0.1, -0.05) is 49.0 Å². The fraction of sp³-hybridized carbons (Fsp3) is 0.200. The number of amides is 1. The van der Waals surface area contributed by atoms with Crippen LogP contribution < -0.4 is 5.32 Å². The lowest BCUT2D eigenvalue weighted by Crippen LogP contribution is -2.14. The van der Waals surface area contributed by atoms with Crippen LogP contribution in [-0.4, -0.2) is 10.9 Å². The molecule has 0 unspecified atom stereocenters. The number of thiazole rings is 1. The van der Waals surface area contributed by atoms with Crippen LogP contribution in [0.5, 0.6) is 0 Å². The third kappa shape index (κ3) is 4.71. The molecular formula is C20H20N2OS2. The highest BCUT2D eigenvalue weighted by molar-refractivity contribution is 8.00. The smallest absolute Gasteiger partial charge is 0.255 e. The number of carbonyl (C=O) groups is 1. The summed E-state index contributed by atoms with van der Waals surface area (Å²) in [7, 11) is 0. The molecular weight excluding hydrogens is 348 g/mol. The summed E-state index contributed by atoms with van der Waals surface area (Å²) in [6.45, 7) is 4.10. The van der Waals surface area contributed by atoms with Gasteiger partial charge in [-0.2, -0.15) is 0 Å². The van der Waals surface area contributed by atoms with Gasteiger partial charge in [-0.3, -0.25) is 4.79 Å². The van der Waals surface area contributed by atoms with Crippen molar-refractivity contribution in [3.05, 3.63) is 76.3 Å². The van der Waals surface area contributed by atoms with Gasteiger partial charge in [-0.25, -0.2) is 4.98 Å². The van der Waals surface area contributed by atoms with Gasteiger partial charge in [-0.05, 0) is 42.7 Å². The first-order valence-electron chi connectivity index (χ1n) is 8.19. The van der Waals surface area contributed by atoms with E-state index in [0.717, 1.165) is 33.5 Å². The lowest BCUT2D eigenvalue weighted by molar-refractivity contribution is 0.102. The van der Waals surface area contributed by atoms with Gasteiger partial charge in [0.05, 0.1) is 0 Å². The minimum atomic E-state index is -0.0697. The number of aryl methyl sites for hydroxylation is 2. The molecule has 1 aromatic heterocycles. The molecule has 5 heteroatoms. The molecule has 0 fully saturated rings. The molecule has 0 saturated carbocycles. The molecule has 1 N–H and O–H groups in total. The topological polar surface area (TPSA) is 42.0 Å². The van der Waals surface area contributed by atoms with Gasteiger partial charge in [-0.15, -0.1) is 11.3 Å². The van der Waals surface area contributed by atoms with E-state index < -0.39 is 0 Å². The predicted molar refractivity (Wildman–Crippen MR) is 107 cm³/mol. The monoisotopic (exact) mass is 368 g/mol. The number of nitrogens with zero attached hydrogens (tertiary/aromatic N) is 1. The SMILES string of the molecule is CCc1cccc(NC(=O)c2ccccc2CSc2nc(C)cs2)c1. The summed E-state index contributed by atoms with van der Waals surface area (Å²) in [5.74, 6) is 0.658. The lowest BCUT2D eigenvalue weighted by Gasteiger charge is -2.10. The molecule has 1 heterocycles. The zero-order valence-corrected chi connectivity index (χ0v) is 15.9. The zero-order chi connectivity index (χ0) is 17.6. The van der Waals surface area contributed by atoms with Crippen LogP contribution in [0.15, 0.2) is 58.3 Å². The predicted octanol–water partition coefficient (Wildman–Crippen LogP) is 5.56. The van der Waals surface area contributed by atoms with Gasteiger partial charge in [0, 0.05) is 28.1 Å². The van der Waals surface area contributed by atoms with Crippen molar-refractivity contribution in [3.8, 4) is 0 Å². The van der Waals surface area contributed by atoms with E-state index in [0.29, 0.717) is 5.56 Å². The van der Waals surface area contributed by atoms with E-state index in [1.54, 1.807) is 23.1 Å². The summed E-state index contributed by atoms with van der Waals surface area (Å²) in [5.41, 5.74) is 4.81. The van der Waals surface area contributed by atoms with E-state index in [1.165, 1.54) is 5.56 Å². The molecule has 0 bridgehead atoms. The van der Waals surface area contributed by atoms with E-state index in [9.17, 15) is 4.79 Å². The van der Waals surface area contributed by atoms with E-state index in [-0.39, 0.29) is 5.91 Å². The van der Waals surface area contributed by atoms with Crippen molar-refractivity contribution in [2.45, 2.75) is 30.4 Å². The number of rotatable bonds is 6. The first kappa shape index (κ1) is 17.7. The standard InChI is InChI=1S/C20H20N2OS2/c1-3-15-7-6-9-17(11-15)22-19(23)18-10-5-4-8-16(18)13-25-20-21-14(2)12-24-20/h4-12H,3,13H2,1-2H3,(H,22,23). The van der Waals surface area contributed by atoms with E-state index in [4.69, 9.17) is 0 Å². The maximum atomic E-state index is 12.7. The van der Waals surface area contributed by atoms with Crippen molar-refractivity contribution in [2.75, 3.05) is 5.32 Å². The van der Waals surface area contributed by atoms with Crippen molar-refractivity contribution in [1.29, 1.82) is 0 Å². The Kier molecular flexibility index (Phi) is 5.89. The Labute approximate surface area is 156 Å². The summed E-state index contributed by atoms with van der Waals surface area (Å²) in [6.07, 6.45) is 0.949. The van der Waals surface area contributed by atoms with Gasteiger partial charge in [0.1, 0.15) is 4.34 Å². The molecule has 2 aromatic carbocycles. The van der Waals surface area contributed by atoms with Crippen LogP contribution in [-0.2, 0) is 12.2 Å². The number of anilines is 1. The van der Waals surface area contributed by atoms with Crippen LogP contribution in [0, 0.1) is 6.92 Å². The third-order valence-corrected chi connectivity index (χ3v) is 5.99. The average molecular weight is 369 g/mol. The molecule has 3 nitrogen and oxygen atoms in total. The summed E-state index contributed by atoms with van der Waals surface area (Å²) < 4.78 is 1.03. The van der Waals surface area contributed by atoms with Crippen molar-refractivity contribution in [2.24, 2.45) is 0 Å². The van der Waals surface area contributed by atoms with E-state index in [2.05, 4.69) is 23.3 Å². The second kappa shape index (κ2) is 8.32. The zero-order valence-electron chi connectivity index (χ0n) is 14.3. The second-order valence-electron chi connectivity index (χ2n) is 5.71. The van der Waals surface area contributed by atoms with Crippen molar-refractivity contribution >= 4 is 34.7 Å². The molecule has 0 aliphatic rings. The maximum absolute atomic E-state index is 12.7.